The van der Waals surface area contributed by atoms with Crippen LogP contribution in [0.3, 0.4) is 0 Å². The van der Waals surface area contributed by atoms with Crippen LogP contribution < -0.4 is 20.7 Å². The Morgan fingerprint density at radius 1 is 0.957 bits per heavy atom. The van der Waals surface area contributed by atoms with Crippen molar-refractivity contribution >= 4 is 42.2 Å². The molecule has 46 heavy (non-hydrogen) atoms. The molecule has 1 saturated heterocycles. The van der Waals surface area contributed by atoms with Gasteiger partial charge in [0.2, 0.25) is 11.8 Å². The van der Waals surface area contributed by atoms with E-state index in [2.05, 4.69) is 20.9 Å². The van der Waals surface area contributed by atoms with Crippen molar-refractivity contribution < 1.29 is 42.1 Å². The third-order valence-corrected chi connectivity index (χ3v) is 8.68. The van der Waals surface area contributed by atoms with E-state index in [1.54, 1.807) is 25.3 Å². The molecule has 0 saturated carbocycles. The first kappa shape index (κ1) is 37.2. The number of ketones is 1. The molecular formula is C32H49N4O9P. The van der Waals surface area contributed by atoms with Crippen LogP contribution in [0.15, 0.2) is 24.3 Å². The summed E-state index contributed by atoms with van der Waals surface area (Å²) in [5.74, 6) is -1.78. The smallest absolute Gasteiger partial charge is 0.475 e. The maximum absolute atomic E-state index is 13.7. The van der Waals surface area contributed by atoms with E-state index >= 15 is 0 Å². The van der Waals surface area contributed by atoms with Gasteiger partial charge in [0.1, 0.15) is 24.1 Å². The van der Waals surface area contributed by atoms with Gasteiger partial charge in [-0.1, -0.05) is 47.6 Å². The Kier molecular flexibility index (Phi) is 13.8. The first-order valence-electron chi connectivity index (χ1n) is 15.8. The lowest BCUT2D eigenvalue weighted by Gasteiger charge is -2.25. The lowest BCUT2D eigenvalue weighted by molar-refractivity contribution is -0.131. The highest BCUT2D eigenvalue weighted by molar-refractivity contribution is 7.48. The molecule has 1 aliphatic heterocycles. The van der Waals surface area contributed by atoms with Gasteiger partial charge in [0, 0.05) is 23.4 Å². The molecule has 0 bridgehead atoms. The minimum absolute atomic E-state index is 0.00787. The van der Waals surface area contributed by atoms with Gasteiger partial charge in [0.05, 0.1) is 26.4 Å². The maximum Gasteiger partial charge on any atom is 0.475 e. The molecule has 1 aromatic heterocycles. The zero-order valence-corrected chi connectivity index (χ0v) is 28.7. The fourth-order valence-corrected chi connectivity index (χ4v) is 6.37. The normalized spacial score (nSPS) is 16.6. The molecule has 0 aliphatic carbocycles. The third-order valence-electron chi connectivity index (χ3n) is 7.30. The zero-order valence-electron chi connectivity index (χ0n) is 27.8. The number of aromatic nitrogens is 1. The lowest BCUT2D eigenvalue weighted by Crippen LogP contribution is -2.53. The number of ether oxygens (including phenoxy) is 1. The number of phosphoric acid groups is 1. The number of nitrogens with one attached hydrogen (secondary N) is 4. The highest BCUT2D eigenvalue weighted by Crippen LogP contribution is 2.50. The molecule has 0 spiro atoms. The van der Waals surface area contributed by atoms with Gasteiger partial charge in [-0.3, -0.25) is 32.7 Å². The number of hydrogen-bond donors (Lipinski definition) is 4. The van der Waals surface area contributed by atoms with E-state index in [1.165, 1.54) is 0 Å². The Hall–Kier alpha value is -3.25. The summed E-state index contributed by atoms with van der Waals surface area (Å²) in [6, 6.07) is 4.89. The van der Waals surface area contributed by atoms with Gasteiger partial charge in [-0.25, -0.2) is 4.57 Å². The van der Waals surface area contributed by atoms with Crippen LogP contribution in [0.4, 0.5) is 0 Å². The monoisotopic (exact) mass is 664 g/mol. The number of fused-ring (bicyclic) bond motifs is 1. The number of amides is 3. The van der Waals surface area contributed by atoms with Crippen molar-refractivity contribution in [3.05, 3.63) is 30.0 Å². The van der Waals surface area contributed by atoms with E-state index in [9.17, 15) is 23.7 Å². The van der Waals surface area contributed by atoms with E-state index in [4.69, 9.17) is 18.3 Å². The van der Waals surface area contributed by atoms with Crippen LogP contribution in [0.1, 0.15) is 71.3 Å². The summed E-state index contributed by atoms with van der Waals surface area (Å²) in [7, 11) is -2.55. The van der Waals surface area contributed by atoms with E-state index in [0.29, 0.717) is 29.6 Å². The second-order valence-corrected chi connectivity index (χ2v) is 14.6. The van der Waals surface area contributed by atoms with E-state index in [0.717, 1.165) is 0 Å². The van der Waals surface area contributed by atoms with Crippen molar-refractivity contribution in [1.82, 2.24) is 20.9 Å². The molecule has 14 heteroatoms. The summed E-state index contributed by atoms with van der Waals surface area (Å²) < 4.78 is 35.1. The zero-order chi connectivity index (χ0) is 34.0. The average Bonchev–Trinajstić information content (AvgIpc) is 3.63. The van der Waals surface area contributed by atoms with E-state index < -0.39 is 50.0 Å². The Labute approximate surface area is 270 Å². The number of rotatable bonds is 19. The summed E-state index contributed by atoms with van der Waals surface area (Å²) in [6.07, 6.45) is 0.778. The number of benzene rings is 1. The highest BCUT2D eigenvalue weighted by Gasteiger charge is 2.36. The summed E-state index contributed by atoms with van der Waals surface area (Å²) in [5, 5.41) is 8.99. The van der Waals surface area contributed by atoms with Crippen LogP contribution >= 0.6 is 7.82 Å². The van der Waals surface area contributed by atoms with Crippen molar-refractivity contribution in [3.63, 3.8) is 0 Å². The molecule has 3 rings (SSSR count). The molecule has 0 unspecified atom stereocenters. The van der Waals surface area contributed by atoms with Crippen molar-refractivity contribution in [2.24, 2.45) is 23.7 Å². The Morgan fingerprint density at radius 2 is 1.63 bits per heavy atom. The molecule has 2 heterocycles. The molecule has 3 atom stereocenters. The van der Waals surface area contributed by atoms with Crippen LogP contribution in [0.2, 0.25) is 0 Å². The largest absolute Gasteiger partial charge is 0.496 e. The van der Waals surface area contributed by atoms with Gasteiger partial charge in [-0.15, -0.1) is 0 Å². The lowest BCUT2D eigenvalue weighted by atomic mass is 9.95. The maximum atomic E-state index is 13.7. The standard InChI is InChI=1S/C32H49N4O9P/c1-19(2)13-26(36-32(40)27-15-23-24(34-27)9-8-10-29(23)42-7)31(39)35-25(14-22-11-12-33-30(22)38)28(37)18-45-46(41,43-16-20(3)4)44-17-21(5)6/h8-10,15,19-22,25-26,34H,11-14,16-18H2,1-7H3,(H,33,38)(H,35,39)(H,36,40)/t22-,25-,26-/m0/s1. The number of phosphoric ester groups is 1. The minimum atomic E-state index is -4.09. The predicted octanol–water partition coefficient (Wildman–Crippen LogP) is 4.37. The third kappa shape index (κ3) is 10.9. The second-order valence-electron chi connectivity index (χ2n) is 12.9. The number of Topliss-reactive ketones (excluding diaryl/α,β-unsaturated/α-hetero) is 1. The molecule has 0 radical (unpaired) electrons. The van der Waals surface area contributed by atoms with Crippen molar-refractivity contribution in [1.29, 1.82) is 0 Å². The number of carbonyl (C=O) groups is 4. The molecule has 4 N–H and O–H groups in total. The van der Waals surface area contributed by atoms with Gasteiger partial charge in [0.15, 0.2) is 5.78 Å². The van der Waals surface area contributed by atoms with E-state index in [-0.39, 0.29) is 55.4 Å². The number of methoxy groups -OCH3 is 1. The molecule has 2 aromatic rings. The van der Waals surface area contributed by atoms with Crippen LogP contribution in [-0.2, 0) is 32.5 Å². The van der Waals surface area contributed by atoms with Gasteiger partial charge in [-0.05, 0) is 55.2 Å². The van der Waals surface area contributed by atoms with Crippen LogP contribution in [0, 0.1) is 23.7 Å². The Morgan fingerprint density at radius 3 is 2.20 bits per heavy atom. The Balaban J connectivity index is 1.78. The molecule has 1 aliphatic rings. The van der Waals surface area contributed by atoms with Crippen molar-refractivity contribution in [3.8, 4) is 5.75 Å². The molecule has 3 amide bonds. The summed E-state index contributed by atoms with van der Waals surface area (Å²) in [4.78, 5) is 56.0. The molecule has 256 valence electrons. The Bertz CT molecular complexity index is 1390. The minimum Gasteiger partial charge on any atom is -0.496 e. The first-order chi connectivity index (χ1) is 21.7. The van der Waals surface area contributed by atoms with Gasteiger partial charge in [0.25, 0.3) is 5.91 Å². The highest BCUT2D eigenvalue weighted by atomic mass is 31.2. The fraction of sp³-hybridized carbons (Fsp3) is 0.625. The number of carbonyl (C=O) groups excluding carboxylic acids is 4. The van der Waals surface area contributed by atoms with Gasteiger partial charge < -0.3 is 25.7 Å². The number of aromatic amines is 1. The molecule has 1 aromatic carbocycles. The van der Waals surface area contributed by atoms with Crippen LogP contribution in [0.5, 0.6) is 5.75 Å². The summed E-state index contributed by atoms with van der Waals surface area (Å²) in [5.41, 5.74) is 0.935. The fourth-order valence-electron chi connectivity index (χ4n) is 4.90. The van der Waals surface area contributed by atoms with Gasteiger partial charge in [-0.2, -0.15) is 0 Å². The SMILES string of the molecule is COc1cccc2[nH]c(C(=O)N[C@@H](CC(C)C)C(=O)N[C@@H](C[C@@H]3CCNC3=O)C(=O)COP(=O)(OCC(C)C)OCC(C)C)cc12. The summed E-state index contributed by atoms with van der Waals surface area (Å²) >= 11 is 0. The quantitative estimate of drug-likeness (QED) is 0.159. The van der Waals surface area contributed by atoms with Crippen molar-refractivity contribution in [2.75, 3.05) is 33.5 Å². The number of hydrogen-bond acceptors (Lipinski definition) is 9. The second kappa shape index (κ2) is 17.1. The molecular weight excluding hydrogens is 615 g/mol. The molecule has 1 fully saturated rings. The molecule has 13 nitrogen and oxygen atoms in total. The van der Waals surface area contributed by atoms with E-state index in [1.807, 2.05) is 47.6 Å². The summed E-state index contributed by atoms with van der Waals surface area (Å²) in [6.45, 7) is 11.3. The average molecular weight is 665 g/mol. The predicted molar refractivity (Wildman–Crippen MR) is 173 cm³/mol. The van der Waals surface area contributed by atoms with Crippen LogP contribution in [0.25, 0.3) is 10.9 Å². The van der Waals surface area contributed by atoms with Gasteiger partial charge >= 0.3 is 7.82 Å². The van der Waals surface area contributed by atoms with Crippen LogP contribution in [-0.4, -0.2) is 74.0 Å². The van der Waals surface area contributed by atoms with Crippen molar-refractivity contribution in [2.45, 2.75) is 72.9 Å². The first-order valence-corrected chi connectivity index (χ1v) is 17.3. The topological polar surface area (TPSA) is 174 Å². The number of H-pyrrole nitrogens is 1.